The Kier molecular flexibility index (Phi) is 10.6. The van der Waals surface area contributed by atoms with Gasteiger partial charge in [-0.1, -0.05) is 36.4 Å². The molecular weight excluding hydrogens is 558 g/mol. The predicted molar refractivity (Wildman–Crippen MR) is 170 cm³/mol. The third-order valence-corrected chi connectivity index (χ3v) is 6.77. The van der Waals surface area contributed by atoms with Gasteiger partial charge in [-0.15, -0.1) is 0 Å². The van der Waals surface area contributed by atoms with Crippen molar-refractivity contribution in [3.63, 3.8) is 0 Å². The molecule has 0 heterocycles. The van der Waals surface area contributed by atoms with Gasteiger partial charge in [-0.25, -0.2) is 4.79 Å². The number of esters is 1. The Labute approximate surface area is 260 Å². The first-order chi connectivity index (χ1) is 20.8. The van der Waals surface area contributed by atoms with E-state index >= 15 is 0 Å². The second-order valence-electron chi connectivity index (χ2n) is 13.3. The smallest absolute Gasteiger partial charge is 0.408 e. The zero-order valence-corrected chi connectivity index (χ0v) is 26.6. The van der Waals surface area contributed by atoms with Crippen molar-refractivity contribution >= 4 is 12.1 Å². The Morgan fingerprint density at radius 1 is 0.864 bits per heavy atom. The van der Waals surface area contributed by atoms with E-state index in [1.165, 1.54) is 12.8 Å². The van der Waals surface area contributed by atoms with Crippen LogP contribution >= 0.6 is 0 Å². The normalized spacial score (nSPS) is 14.0. The number of ether oxygens (including phenoxy) is 4. The third kappa shape index (κ3) is 10.6. The molecule has 1 amide bonds. The van der Waals surface area contributed by atoms with Gasteiger partial charge in [-0.3, -0.25) is 4.79 Å². The molecule has 4 rings (SSSR count). The van der Waals surface area contributed by atoms with Crippen molar-refractivity contribution in [1.82, 2.24) is 5.32 Å². The molecule has 0 aromatic heterocycles. The van der Waals surface area contributed by atoms with E-state index in [9.17, 15) is 14.7 Å². The van der Waals surface area contributed by atoms with Crippen LogP contribution in [-0.2, 0) is 27.3 Å². The largest absolute Gasteiger partial charge is 0.493 e. The number of nitrogens with one attached hydrogen (secondary N) is 1. The molecule has 8 heteroatoms. The molecule has 3 aromatic carbocycles. The molecule has 236 valence electrons. The van der Waals surface area contributed by atoms with Crippen LogP contribution < -0.4 is 14.8 Å². The van der Waals surface area contributed by atoms with Gasteiger partial charge >= 0.3 is 12.1 Å². The van der Waals surface area contributed by atoms with E-state index in [0.717, 1.165) is 33.6 Å². The second-order valence-corrected chi connectivity index (χ2v) is 13.3. The lowest BCUT2D eigenvalue weighted by atomic mass is 9.98. The van der Waals surface area contributed by atoms with Crippen LogP contribution in [0.2, 0.25) is 0 Å². The summed E-state index contributed by atoms with van der Waals surface area (Å²) in [5.74, 6) is 1.63. The van der Waals surface area contributed by atoms with Crippen LogP contribution in [0, 0.1) is 5.92 Å². The van der Waals surface area contributed by atoms with Gasteiger partial charge in [0, 0.05) is 5.56 Å². The molecule has 1 saturated carbocycles. The molecular formula is C36H45NO7. The molecule has 1 aliphatic carbocycles. The van der Waals surface area contributed by atoms with Crippen molar-refractivity contribution in [1.29, 1.82) is 0 Å². The number of hydrogen-bond acceptors (Lipinski definition) is 7. The molecule has 0 aliphatic heterocycles. The van der Waals surface area contributed by atoms with Crippen molar-refractivity contribution in [2.24, 2.45) is 5.92 Å². The molecule has 0 bridgehead atoms. The fourth-order valence-electron chi connectivity index (χ4n) is 4.60. The highest BCUT2D eigenvalue weighted by Crippen LogP contribution is 2.33. The van der Waals surface area contributed by atoms with Crippen LogP contribution in [0.15, 0.2) is 66.7 Å². The number of amides is 1. The van der Waals surface area contributed by atoms with Crippen molar-refractivity contribution in [2.45, 2.75) is 84.7 Å². The number of carbonyl (C=O) groups excluding carboxylic acids is 2. The average Bonchev–Trinajstić information content (AvgIpc) is 3.77. The van der Waals surface area contributed by atoms with E-state index in [1.54, 1.807) is 20.8 Å². The van der Waals surface area contributed by atoms with E-state index in [1.807, 2.05) is 87.5 Å². The molecule has 0 spiro atoms. The number of benzene rings is 3. The molecule has 1 atom stereocenters. The summed E-state index contributed by atoms with van der Waals surface area (Å²) in [6.45, 7) is 11.6. The van der Waals surface area contributed by atoms with Crippen molar-refractivity contribution in [3.8, 4) is 22.6 Å². The van der Waals surface area contributed by atoms with Crippen LogP contribution in [0.3, 0.4) is 0 Å². The first-order valence-electron chi connectivity index (χ1n) is 15.2. The summed E-state index contributed by atoms with van der Waals surface area (Å²) in [5, 5.41) is 12.8. The Morgan fingerprint density at radius 3 is 2.27 bits per heavy atom. The van der Waals surface area contributed by atoms with Gasteiger partial charge in [0.2, 0.25) is 0 Å². The minimum atomic E-state index is -0.651. The molecule has 0 saturated heterocycles. The second kappa shape index (κ2) is 14.2. The van der Waals surface area contributed by atoms with Crippen molar-refractivity contribution in [2.75, 3.05) is 13.2 Å². The van der Waals surface area contributed by atoms with Gasteiger partial charge in [0.05, 0.1) is 25.7 Å². The quantitative estimate of drug-likeness (QED) is 0.212. The number of alkyl carbamates (subject to hydrolysis) is 1. The Morgan fingerprint density at radius 2 is 1.59 bits per heavy atom. The maximum Gasteiger partial charge on any atom is 0.408 e. The van der Waals surface area contributed by atoms with E-state index in [2.05, 4.69) is 5.32 Å². The van der Waals surface area contributed by atoms with Gasteiger partial charge in [-0.05, 0) is 113 Å². The molecule has 1 unspecified atom stereocenters. The molecule has 1 fully saturated rings. The summed E-state index contributed by atoms with van der Waals surface area (Å²) in [5.41, 5.74) is 2.99. The fourth-order valence-corrected chi connectivity index (χ4v) is 4.60. The number of aliphatic hydroxyl groups is 1. The molecule has 3 aromatic rings. The molecule has 1 aliphatic rings. The Balaban J connectivity index is 1.55. The summed E-state index contributed by atoms with van der Waals surface area (Å²) < 4.78 is 23.3. The molecule has 2 N–H and O–H groups in total. The third-order valence-electron chi connectivity index (χ3n) is 6.77. The van der Waals surface area contributed by atoms with Crippen LogP contribution in [0.1, 0.15) is 77.1 Å². The highest BCUT2D eigenvalue weighted by atomic mass is 16.6. The number of hydrogen-bond donors (Lipinski definition) is 2. The summed E-state index contributed by atoms with van der Waals surface area (Å²) >= 11 is 0. The summed E-state index contributed by atoms with van der Waals surface area (Å²) in [6, 6.07) is 20.5. The zero-order valence-electron chi connectivity index (χ0n) is 26.6. The molecule has 8 nitrogen and oxygen atoms in total. The maximum atomic E-state index is 12.5. The Hall–Kier alpha value is -4.04. The predicted octanol–water partition coefficient (Wildman–Crippen LogP) is 7.16. The number of rotatable bonds is 12. The van der Waals surface area contributed by atoms with Gasteiger partial charge < -0.3 is 29.4 Å². The lowest BCUT2D eigenvalue weighted by Crippen LogP contribution is -2.36. The van der Waals surface area contributed by atoms with E-state index < -0.39 is 23.3 Å². The Bertz CT molecular complexity index is 1430. The van der Waals surface area contributed by atoms with Crippen molar-refractivity contribution < 1.29 is 33.6 Å². The van der Waals surface area contributed by atoms with Gasteiger partial charge in [0.25, 0.3) is 0 Å². The minimum Gasteiger partial charge on any atom is -0.493 e. The minimum absolute atomic E-state index is 0.110. The number of para-hydroxylation sites is 1. The number of carbonyl (C=O) groups is 2. The summed E-state index contributed by atoms with van der Waals surface area (Å²) in [6.07, 6.45) is 1.88. The summed E-state index contributed by atoms with van der Waals surface area (Å²) in [7, 11) is 0. The summed E-state index contributed by atoms with van der Waals surface area (Å²) in [4.78, 5) is 24.9. The standard InChI is InChI=1S/C36H45NO7/c1-35(2,3)43-33(39)20-28-10-7-8-13-32(28)42-23-25-16-29(19-30(17-25)41-22-24-14-15-24)26-11-9-12-27(18-26)31(21-38)37-34(40)44-36(4,5)6/h7-13,16-19,24,31,38H,14-15,20-23H2,1-6H3,(H,37,40). The maximum absolute atomic E-state index is 12.5. The monoisotopic (exact) mass is 603 g/mol. The van der Waals surface area contributed by atoms with Gasteiger partial charge in [0.15, 0.2) is 0 Å². The van der Waals surface area contributed by atoms with E-state index in [-0.39, 0.29) is 25.6 Å². The molecule has 44 heavy (non-hydrogen) atoms. The van der Waals surface area contributed by atoms with E-state index in [0.29, 0.717) is 18.3 Å². The average molecular weight is 604 g/mol. The highest BCUT2D eigenvalue weighted by molar-refractivity contribution is 5.74. The van der Waals surface area contributed by atoms with Crippen LogP contribution in [-0.4, -0.2) is 41.6 Å². The lowest BCUT2D eigenvalue weighted by Gasteiger charge is -2.23. The SMILES string of the molecule is CC(C)(C)OC(=O)Cc1ccccc1OCc1cc(OCC2CC2)cc(-c2cccc(C(CO)NC(=O)OC(C)(C)C)c2)c1. The molecule has 0 radical (unpaired) electrons. The lowest BCUT2D eigenvalue weighted by molar-refractivity contribution is -0.153. The first-order valence-corrected chi connectivity index (χ1v) is 15.2. The van der Waals surface area contributed by atoms with Gasteiger partial charge in [-0.2, -0.15) is 0 Å². The zero-order chi connectivity index (χ0) is 31.9. The van der Waals surface area contributed by atoms with Crippen LogP contribution in [0.25, 0.3) is 11.1 Å². The number of aliphatic hydroxyl groups excluding tert-OH is 1. The van der Waals surface area contributed by atoms with Crippen LogP contribution in [0.5, 0.6) is 11.5 Å². The van der Waals surface area contributed by atoms with Crippen molar-refractivity contribution in [3.05, 3.63) is 83.4 Å². The van der Waals surface area contributed by atoms with Gasteiger partial charge in [0.1, 0.15) is 29.3 Å². The fraction of sp³-hybridized carbons (Fsp3) is 0.444. The van der Waals surface area contributed by atoms with E-state index in [4.69, 9.17) is 18.9 Å². The highest BCUT2D eigenvalue weighted by Gasteiger charge is 2.23. The first kappa shape index (κ1) is 32.9. The topological polar surface area (TPSA) is 103 Å². The van der Waals surface area contributed by atoms with Crippen LogP contribution in [0.4, 0.5) is 4.79 Å².